The van der Waals surface area contributed by atoms with E-state index in [1.807, 2.05) is 6.07 Å². The summed E-state index contributed by atoms with van der Waals surface area (Å²) in [4.78, 5) is 39.1. The number of hydrogen-bond donors (Lipinski definition) is 2. The minimum atomic E-state index is -4.99. The van der Waals surface area contributed by atoms with Crippen molar-refractivity contribution >= 4 is 23.7 Å². The monoisotopic (exact) mass is 542 g/mol. The predicted octanol–water partition coefficient (Wildman–Crippen LogP) is 5.28. The van der Waals surface area contributed by atoms with Crippen molar-refractivity contribution in [2.75, 3.05) is 18.0 Å². The van der Waals surface area contributed by atoms with Crippen molar-refractivity contribution in [3.8, 4) is 5.75 Å². The number of ether oxygens (including phenoxy) is 2. The highest BCUT2D eigenvalue weighted by Gasteiger charge is 2.49. The molecule has 0 bridgehead atoms. The Bertz CT molecular complexity index is 1400. The Labute approximate surface area is 222 Å². The third-order valence-electron chi connectivity index (χ3n) is 6.41. The average Bonchev–Trinajstić information content (AvgIpc) is 2.90. The Balaban J connectivity index is 1.68. The van der Waals surface area contributed by atoms with Gasteiger partial charge in [-0.1, -0.05) is 60.7 Å². The summed E-state index contributed by atoms with van der Waals surface area (Å²) in [5.74, 6) is -2.74. The van der Waals surface area contributed by atoms with E-state index in [9.17, 15) is 32.7 Å². The lowest BCUT2D eigenvalue weighted by Gasteiger charge is -2.42. The summed E-state index contributed by atoms with van der Waals surface area (Å²) in [6.45, 7) is 2.30. The van der Waals surface area contributed by atoms with Gasteiger partial charge in [0.05, 0.1) is 16.8 Å². The number of carboxylic acids is 1. The van der Waals surface area contributed by atoms with E-state index in [-0.39, 0.29) is 36.7 Å². The first kappa shape index (κ1) is 27.5. The van der Waals surface area contributed by atoms with Gasteiger partial charge in [-0.15, -0.1) is 0 Å². The summed E-state index contributed by atoms with van der Waals surface area (Å²) in [6, 6.07) is 17.8. The number of carbonyl (C=O) groups is 3. The third kappa shape index (κ3) is 5.52. The molecule has 1 heterocycles. The van der Waals surface area contributed by atoms with Gasteiger partial charge in [0.15, 0.2) is 0 Å². The minimum Gasteiger partial charge on any atom is -0.478 e. The molecule has 204 valence electrons. The van der Waals surface area contributed by atoms with Crippen molar-refractivity contribution in [3.63, 3.8) is 0 Å². The van der Waals surface area contributed by atoms with Gasteiger partial charge in [-0.25, -0.2) is 9.59 Å². The molecule has 3 aromatic carbocycles. The van der Waals surface area contributed by atoms with Crippen LogP contribution in [0.3, 0.4) is 0 Å². The number of carbonyl (C=O) groups excluding carboxylic acids is 2. The van der Waals surface area contributed by atoms with E-state index in [1.54, 1.807) is 54.6 Å². The second-order valence-corrected chi connectivity index (χ2v) is 9.02. The third-order valence-corrected chi connectivity index (χ3v) is 6.41. The molecule has 0 unspecified atom stereocenters. The zero-order valence-corrected chi connectivity index (χ0v) is 21.0. The Hall–Kier alpha value is -4.54. The van der Waals surface area contributed by atoms with Crippen LogP contribution in [0.25, 0.3) is 0 Å². The Morgan fingerprint density at radius 3 is 2.28 bits per heavy atom. The van der Waals surface area contributed by atoms with Crippen molar-refractivity contribution in [2.45, 2.75) is 32.2 Å². The lowest BCUT2D eigenvalue weighted by Crippen LogP contribution is -2.54. The van der Waals surface area contributed by atoms with Gasteiger partial charge in [0.1, 0.15) is 12.4 Å². The molecule has 0 spiro atoms. The molecule has 0 aromatic heterocycles. The van der Waals surface area contributed by atoms with Crippen molar-refractivity contribution in [3.05, 3.63) is 94.5 Å². The molecule has 1 atom stereocenters. The van der Waals surface area contributed by atoms with Gasteiger partial charge in [0, 0.05) is 18.7 Å². The zero-order valence-electron chi connectivity index (χ0n) is 21.0. The number of halogens is 3. The Morgan fingerprint density at radius 1 is 1.08 bits per heavy atom. The number of amides is 2. The molecule has 8 nitrogen and oxygen atoms in total. The number of carboxylic acid groups (broad SMARTS) is 1. The van der Waals surface area contributed by atoms with Gasteiger partial charge in [-0.05, 0) is 31.0 Å². The summed E-state index contributed by atoms with van der Waals surface area (Å²) in [7, 11) is 0. The smallest absolute Gasteiger partial charge is 0.417 e. The van der Waals surface area contributed by atoms with Crippen LogP contribution in [0.1, 0.15) is 39.5 Å². The van der Waals surface area contributed by atoms with E-state index in [0.717, 1.165) is 10.5 Å². The average molecular weight is 543 g/mol. The Kier molecular flexibility index (Phi) is 7.53. The lowest BCUT2D eigenvalue weighted by atomic mass is 9.89. The maximum absolute atomic E-state index is 13.9. The van der Waals surface area contributed by atoms with Crippen LogP contribution in [0.2, 0.25) is 0 Å². The van der Waals surface area contributed by atoms with Gasteiger partial charge in [-0.3, -0.25) is 4.79 Å². The van der Waals surface area contributed by atoms with E-state index >= 15 is 0 Å². The largest absolute Gasteiger partial charge is 0.478 e. The van der Waals surface area contributed by atoms with E-state index in [4.69, 9.17) is 9.47 Å². The summed E-state index contributed by atoms with van der Waals surface area (Å²) in [5.41, 5.74) is -3.35. The number of anilines is 1. The number of rotatable bonds is 7. The highest BCUT2D eigenvalue weighted by atomic mass is 19.4. The molecule has 2 amide bonds. The SMILES string of the molecule is Cc1c(C(=O)O)c(C(F)(F)F)cc2c1N(CCNC(=O)OCc1ccccc1)C(=O)[C@](C)(c1ccccc1)O2. The van der Waals surface area contributed by atoms with E-state index in [1.165, 1.54) is 13.8 Å². The number of fused-ring (bicyclic) bond motifs is 1. The second-order valence-electron chi connectivity index (χ2n) is 9.02. The van der Waals surface area contributed by atoms with Gasteiger partial charge >= 0.3 is 18.2 Å². The molecular formula is C28H25F3N2O6. The molecule has 11 heteroatoms. The van der Waals surface area contributed by atoms with E-state index < -0.39 is 40.9 Å². The summed E-state index contributed by atoms with van der Waals surface area (Å²) >= 11 is 0. The molecule has 0 saturated heterocycles. The highest BCUT2D eigenvalue weighted by molar-refractivity contribution is 6.06. The normalized spacial score (nSPS) is 16.7. The van der Waals surface area contributed by atoms with Crippen LogP contribution in [0, 0.1) is 6.92 Å². The quantitative estimate of drug-likeness (QED) is 0.421. The van der Waals surface area contributed by atoms with Crippen LogP contribution < -0.4 is 15.0 Å². The molecular weight excluding hydrogens is 517 g/mol. The number of alkyl carbamates (subject to hydrolysis) is 1. The zero-order chi connectivity index (χ0) is 28.4. The molecule has 39 heavy (non-hydrogen) atoms. The van der Waals surface area contributed by atoms with Crippen LogP contribution in [0.4, 0.5) is 23.7 Å². The molecule has 0 aliphatic carbocycles. The van der Waals surface area contributed by atoms with Gasteiger partial charge in [0.25, 0.3) is 5.91 Å². The molecule has 0 radical (unpaired) electrons. The van der Waals surface area contributed by atoms with Crippen LogP contribution >= 0.6 is 0 Å². The fraction of sp³-hybridized carbons (Fsp3) is 0.250. The number of hydrogen-bond acceptors (Lipinski definition) is 5. The number of aromatic carboxylic acids is 1. The first-order valence-electron chi connectivity index (χ1n) is 11.9. The van der Waals surface area contributed by atoms with Crippen LogP contribution in [0.15, 0.2) is 66.7 Å². The summed E-state index contributed by atoms with van der Waals surface area (Å²) in [6.07, 6.45) is -5.75. The van der Waals surface area contributed by atoms with Crippen LogP contribution in [-0.2, 0) is 27.9 Å². The molecule has 1 aliphatic rings. The number of benzene rings is 3. The predicted molar refractivity (Wildman–Crippen MR) is 135 cm³/mol. The lowest BCUT2D eigenvalue weighted by molar-refractivity contribution is -0.138. The van der Waals surface area contributed by atoms with Crippen LogP contribution in [0.5, 0.6) is 5.75 Å². The number of nitrogens with zero attached hydrogens (tertiary/aromatic N) is 1. The van der Waals surface area contributed by atoms with E-state index in [2.05, 4.69) is 5.32 Å². The fourth-order valence-electron chi connectivity index (χ4n) is 4.51. The molecule has 1 aliphatic heterocycles. The van der Waals surface area contributed by atoms with Crippen molar-refractivity contribution < 1.29 is 42.1 Å². The number of nitrogens with one attached hydrogen (secondary N) is 1. The van der Waals surface area contributed by atoms with Crippen LogP contribution in [-0.4, -0.2) is 36.2 Å². The molecule has 2 N–H and O–H groups in total. The van der Waals surface area contributed by atoms with Gasteiger partial charge < -0.3 is 24.8 Å². The maximum atomic E-state index is 13.9. The minimum absolute atomic E-state index is 0.0133. The molecule has 4 rings (SSSR count). The summed E-state index contributed by atoms with van der Waals surface area (Å²) < 4.78 is 52.7. The fourth-order valence-corrected chi connectivity index (χ4v) is 4.51. The Morgan fingerprint density at radius 2 is 1.69 bits per heavy atom. The second kappa shape index (κ2) is 10.7. The van der Waals surface area contributed by atoms with Crippen molar-refractivity contribution in [1.29, 1.82) is 0 Å². The summed E-state index contributed by atoms with van der Waals surface area (Å²) in [5, 5.41) is 12.1. The first-order valence-corrected chi connectivity index (χ1v) is 11.9. The van der Waals surface area contributed by atoms with Crippen molar-refractivity contribution in [2.24, 2.45) is 0 Å². The van der Waals surface area contributed by atoms with Gasteiger partial charge in [0.2, 0.25) is 5.60 Å². The molecule has 0 saturated carbocycles. The van der Waals surface area contributed by atoms with Gasteiger partial charge in [-0.2, -0.15) is 13.2 Å². The van der Waals surface area contributed by atoms with Crippen molar-refractivity contribution in [1.82, 2.24) is 5.32 Å². The standard InChI is InChI=1S/C28H25F3N2O6/c1-17-22(24(34)35)20(28(29,30)31)15-21-23(17)33(25(36)27(2,39-21)19-11-7-4-8-12-19)14-13-32-26(37)38-16-18-9-5-3-6-10-18/h3-12,15H,13-14,16H2,1-2H3,(H,32,37)(H,34,35)/t27-/m0/s1. The molecule has 3 aromatic rings. The number of alkyl halides is 3. The molecule has 0 fully saturated rings. The highest BCUT2D eigenvalue weighted by Crippen LogP contribution is 2.48. The van der Waals surface area contributed by atoms with E-state index in [0.29, 0.717) is 11.6 Å². The topological polar surface area (TPSA) is 105 Å². The first-order chi connectivity index (χ1) is 18.4. The maximum Gasteiger partial charge on any atom is 0.417 e.